The van der Waals surface area contributed by atoms with Crippen LogP contribution in [0, 0.1) is 11.8 Å². The fourth-order valence-electron chi connectivity index (χ4n) is 2.80. The van der Waals surface area contributed by atoms with Gasteiger partial charge in [0.25, 0.3) is 0 Å². The summed E-state index contributed by atoms with van der Waals surface area (Å²) in [5.41, 5.74) is 0.276. The number of ether oxygens (including phenoxy) is 1. The molecule has 0 aliphatic carbocycles. The number of urea groups is 1. The fourth-order valence-corrected chi connectivity index (χ4v) is 2.80. The zero-order valence-electron chi connectivity index (χ0n) is 12.5. The molecule has 0 radical (unpaired) electrons. The van der Waals surface area contributed by atoms with Crippen LogP contribution in [0.5, 0.6) is 5.75 Å². The Labute approximate surface area is 127 Å². The minimum Gasteiger partial charge on any atom is -0.406 e. The van der Waals surface area contributed by atoms with Crippen LogP contribution >= 0.6 is 0 Å². The number of carbonyl (C=O) groups excluding carboxylic acids is 1. The number of nitrogens with one attached hydrogen (secondary N) is 1. The molecule has 0 unspecified atom stereocenters. The summed E-state index contributed by atoms with van der Waals surface area (Å²) in [5, 5.41) is 2.62. The summed E-state index contributed by atoms with van der Waals surface area (Å²) in [5.74, 6) is 0.467. The molecule has 2 amide bonds. The molecule has 2 rings (SSSR count). The molecule has 1 fully saturated rings. The Morgan fingerprint density at radius 1 is 1.27 bits per heavy atom. The predicted octanol–water partition coefficient (Wildman–Crippen LogP) is 4.10. The first kappa shape index (κ1) is 16.5. The molecule has 1 saturated heterocycles. The molecular formula is C15H19F3N2O2. The quantitative estimate of drug-likeness (QED) is 0.892. The normalized spacial score (nSPS) is 22.3. The number of hydrogen-bond donors (Lipinski definition) is 1. The third-order valence-electron chi connectivity index (χ3n) is 3.47. The second kappa shape index (κ2) is 6.46. The Morgan fingerprint density at radius 3 is 2.50 bits per heavy atom. The molecule has 0 saturated carbocycles. The molecule has 1 N–H and O–H groups in total. The van der Waals surface area contributed by atoms with Crippen molar-refractivity contribution in [2.24, 2.45) is 11.8 Å². The molecule has 1 aromatic carbocycles. The zero-order chi connectivity index (χ0) is 16.3. The third-order valence-corrected chi connectivity index (χ3v) is 3.47. The molecule has 1 aromatic rings. The lowest BCUT2D eigenvalue weighted by atomic mass is 9.92. The van der Waals surface area contributed by atoms with Crippen molar-refractivity contribution in [3.05, 3.63) is 24.3 Å². The lowest BCUT2D eigenvalue weighted by molar-refractivity contribution is -0.274. The van der Waals surface area contributed by atoms with Crippen molar-refractivity contribution < 1.29 is 22.7 Å². The van der Waals surface area contributed by atoms with E-state index in [2.05, 4.69) is 23.9 Å². The highest BCUT2D eigenvalue weighted by Crippen LogP contribution is 2.26. The van der Waals surface area contributed by atoms with Crippen LogP contribution in [-0.2, 0) is 0 Å². The molecular weight excluding hydrogens is 297 g/mol. The van der Waals surface area contributed by atoms with Gasteiger partial charge in [-0.1, -0.05) is 19.9 Å². The first-order valence-electron chi connectivity index (χ1n) is 7.14. The van der Waals surface area contributed by atoms with Crippen molar-refractivity contribution >= 4 is 11.7 Å². The summed E-state index contributed by atoms with van der Waals surface area (Å²) in [7, 11) is 0. The molecule has 1 aliphatic heterocycles. The average molecular weight is 316 g/mol. The first-order chi connectivity index (χ1) is 10.2. The van der Waals surface area contributed by atoms with Crippen molar-refractivity contribution in [2.45, 2.75) is 26.6 Å². The maximum atomic E-state index is 12.2. The van der Waals surface area contributed by atoms with E-state index in [0.29, 0.717) is 24.9 Å². The Balaban J connectivity index is 2.01. The number of likely N-dealkylation sites (tertiary alicyclic amines) is 1. The van der Waals surface area contributed by atoms with Gasteiger partial charge in [0.1, 0.15) is 5.75 Å². The highest BCUT2D eigenvalue weighted by atomic mass is 19.4. The molecule has 122 valence electrons. The van der Waals surface area contributed by atoms with E-state index in [1.807, 2.05) is 0 Å². The number of rotatable bonds is 2. The van der Waals surface area contributed by atoms with E-state index in [4.69, 9.17) is 0 Å². The molecule has 1 aliphatic rings. The van der Waals surface area contributed by atoms with Gasteiger partial charge in [-0.25, -0.2) is 4.79 Å². The SMILES string of the molecule is C[C@H]1C[C@H](C)CN(C(=O)Nc2cccc(OC(F)(F)F)c2)C1. The van der Waals surface area contributed by atoms with Gasteiger partial charge in [-0.2, -0.15) is 0 Å². The van der Waals surface area contributed by atoms with E-state index in [0.717, 1.165) is 12.5 Å². The molecule has 4 nitrogen and oxygen atoms in total. The van der Waals surface area contributed by atoms with Crippen LogP contribution in [0.4, 0.5) is 23.7 Å². The monoisotopic (exact) mass is 316 g/mol. The van der Waals surface area contributed by atoms with Crippen molar-refractivity contribution in [2.75, 3.05) is 18.4 Å². The van der Waals surface area contributed by atoms with E-state index < -0.39 is 6.36 Å². The second-order valence-corrected chi connectivity index (χ2v) is 5.86. The molecule has 2 atom stereocenters. The molecule has 1 heterocycles. The number of nitrogens with zero attached hydrogens (tertiary/aromatic N) is 1. The highest BCUT2D eigenvalue weighted by molar-refractivity contribution is 5.89. The smallest absolute Gasteiger partial charge is 0.406 e. The van der Waals surface area contributed by atoms with Gasteiger partial charge in [0, 0.05) is 24.8 Å². The van der Waals surface area contributed by atoms with E-state index in [-0.39, 0.29) is 17.5 Å². The third kappa shape index (κ3) is 4.82. The number of carbonyl (C=O) groups is 1. The standard InChI is InChI=1S/C15H19F3N2O2/c1-10-6-11(2)9-20(8-10)14(21)19-12-4-3-5-13(7-12)22-15(16,17)18/h3-5,7,10-11H,6,8-9H2,1-2H3,(H,19,21)/t10-,11-/m0/s1. The second-order valence-electron chi connectivity index (χ2n) is 5.86. The Kier molecular flexibility index (Phi) is 4.83. The minimum absolute atomic E-state index is 0.276. The maximum Gasteiger partial charge on any atom is 0.573 e. The summed E-state index contributed by atoms with van der Waals surface area (Å²) in [6.07, 6.45) is -3.68. The summed E-state index contributed by atoms with van der Waals surface area (Å²) < 4.78 is 40.4. The summed E-state index contributed by atoms with van der Waals surface area (Å²) in [4.78, 5) is 13.9. The zero-order valence-corrected chi connectivity index (χ0v) is 12.5. The van der Waals surface area contributed by atoms with Crippen LogP contribution in [0.3, 0.4) is 0 Å². The van der Waals surface area contributed by atoms with E-state index in [1.54, 1.807) is 4.90 Å². The fraction of sp³-hybridized carbons (Fsp3) is 0.533. The summed E-state index contributed by atoms with van der Waals surface area (Å²) >= 11 is 0. The van der Waals surface area contributed by atoms with Crippen molar-refractivity contribution in [3.63, 3.8) is 0 Å². The van der Waals surface area contributed by atoms with Crippen molar-refractivity contribution in [1.82, 2.24) is 4.90 Å². The van der Waals surface area contributed by atoms with Gasteiger partial charge in [-0.3, -0.25) is 0 Å². The summed E-state index contributed by atoms with van der Waals surface area (Å²) in [6.45, 7) is 5.45. The van der Waals surface area contributed by atoms with Gasteiger partial charge in [0.05, 0.1) is 0 Å². The lowest BCUT2D eigenvalue weighted by Gasteiger charge is -2.34. The van der Waals surface area contributed by atoms with Gasteiger partial charge in [-0.15, -0.1) is 13.2 Å². The molecule has 22 heavy (non-hydrogen) atoms. The number of hydrogen-bond acceptors (Lipinski definition) is 2. The van der Waals surface area contributed by atoms with Crippen molar-refractivity contribution in [3.8, 4) is 5.75 Å². The predicted molar refractivity (Wildman–Crippen MR) is 76.7 cm³/mol. The molecule has 0 bridgehead atoms. The van der Waals surface area contributed by atoms with Crippen LogP contribution in [-0.4, -0.2) is 30.4 Å². The van der Waals surface area contributed by atoms with E-state index in [1.165, 1.54) is 18.2 Å². The molecule has 0 spiro atoms. The number of piperidine rings is 1. The van der Waals surface area contributed by atoms with Crippen LogP contribution in [0.15, 0.2) is 24.3 Å². The number of alkyl halides is 3. The van der Waals surface area contributed by atoms with Crippen molar-refractivity contribution in [1.29, 1.82) is 0 Å². The topological polar surface area (TPSA) is 41.6 Å². The van der Waals surface area contributed by atoms with Gasteiger partial charge >= 0.3 is 12.4 Å². The average Bonchev–Trinajstić information content (AvgIpc) is 2.35. The van der Waals surface area contributed by atoms with Gasteiger partial charge in [-0.05, 0) is 30.4 Å². The molecule has 0 aromatic heterocycles. The maximum absolute atomic E-state index is 12.2. The number of amides is 2. The van der Waals surface area contributed by atoms with Gasteiger partial charge in [0.15, 0.2) is 0 Å². The largest absolute Gasteiger partial charge is 0.573 e. The highest BCUT2D eigenvalue weighted by Gasteiger charge is 2.31. The Hall–Kier alpha value is -1.92. The summed E-state index contributed by atoms with van der Waals surface area (Å²) in [6, 6.07) is 4.97. The van der Waals surface area contributed by atoms with Gasteiger partial charge in [0.2, 0.25) is 0 Å². The number of anilines is 1. The van der Waals surface area contributed by atoms with Crippen LogP contribution < -0.4 is 10.1 Å². The minimum atomic E-state index is -4.75. The van der Waals surface area contributed by atoms with Crippen LogP contribution in [0.25, 0.3) is 0 Å². The first-order valence-corrected chi connectivity index (χ1v) is 7.14. The van der Waals surface area contributed by atoms with Crippen LogP contribution in [0.2, 0.25) is 0 Å². The van der Waals surface area contributed by atoms with Crippen LogP contribution in [0.1, 0.15) is 20.3 Å². The van der Waals surface area contributed by atoms with E-state index >= 15 is 0 Å². The number of benzene rings is 1. The Bertz CT molecular complexity index is 524. The number of halogens is 3. The van der Waals surface area contributed by atoms with E-state index in [9.17, 15) is 18.0 Å². The lowest BCUT2D eigenvalue weighted by Crippen LogP contribution is -2.44. The molecule has 7 heteroatoms. The van der Waals surface area contributed by atoms with Gasteiger partial charge < -0.3 is 15.0 Å². The Morgan fingerprint density at radius 2 is 1.91 bits per heavy atom.